The average Bonchev–Trinajstić information content (AvgIpc) is 2.33. The number of nitrogens with zero attached hydrogens (tertiary/aromatic N) is 2. The molecular formula is C13H18N4O. The van der Waals surface area contributed by atoms with E-state index in [0.717, 1.165) is 5.69 Å². The van der Waals surface area contributed by atoms with Crippen LogP contribution in [0.4, 0.5) is 5.82 Å². The Bertz CT molecular complexity index is 463. The Labute approximate surface area is 107 Å². The Balaban J connectivity index is 2.51. The van der Waals surface area contributed by atoms with Crippen molar-refractivity contribution in [2.24, 2.45) is 5.92 Å². The van der Waals surface area contributed by atoms with Gasteiger partial charge in [0, 0.05) is 12.2 Å². The highest BCUT2D eigenvalue weighted by Gasteiger charge is 2.04. The molecule has 0 saturated heterocycles. The number of aromatic nitrogens is 1. The van der Waals surface area contributed by atoms with Crippen molar-refractivity contribution in [2.75, 3.05) is 18.4 Å². The van der Waals surface area contributed by atoms with Gasteiger partial charge in [0.25, 0.3) is 0 Å². The number of hydrogen-bond donors (Lipinski definition) is 2. The molecule has 5 nitrogen and oxygen atoms in total. The highest BCUT2D eigenvalue weighted by atomic mass is 16.1. The molecule has 0 aliphatic carbocycles. The smallest absolute Gasteiger partial charge is 0.239 e. The summed E-state index contributed by atoms with van der Waals surface area (Å²) in [5.41, 5.74) is 1.28. The zero-order valence-corrected chi connectivity index (χ0v) is 10.9. The van der Waals surface area contributed by atoms with Crippen LogP contribution in [-0.4, -0.2) is 24.0 Å². The van der Waals surface area contributed by atoms with Crippen molar-refractivity contribution in [3.05, 3.63) is 23.4 Å². The molecule has 1 amide bonds. The second-order valence-electron chi connectivity index (χ2n) is 4.55. The van der Waals surface area contributed by atoms with Crippen LogP contribution in [-0.2, 0) is 4.79 Å². The van der Waals surface area contributed by atoms with Crippen LogP contribution in [0.5, 0.6) is 0 Å². The normalized spacial score (nSPS) is 9.94. The molecule has 0 aliphatic heterocycles. The summed E-state index contributed by atoms with van der Waals surface area (Å²) < 4.78 is 0. The van der Waals surface area contributed by atoms with Crippen molar-refractivity contribution in [1.29, 1.82) is 5.26 Å². The van der Waals surface area contributed by atoms with E-state index in [2.05, 4.69) is 21.7 Å². The summed E-state index contributed by atoms with van der Waals surface area (Å²) in [7, 11) is 0. The van der Waals surface area contributed by atoms with Crippen LogP contribution in [0.2, 0.25) is 0 Å². The van der Waals surface area contributed by atoms with E-state index in [4.69, 9.17) is 5.26 Å². The number of carbonyl (C=O) groups is 1. The molecule has 0 spiro atoms. The number of pyridine rings is 1. The van der Waals surface area contributed by atoms with Crippen molar-refractivity contribution in [1.82, 2.24) is 10.3 Å². The molecule has 0 aromatic carbocycles. The van der Waals surface area contributed by atoms with Crippen LogP contribution in [0.1, 0.15) is 25.1 Å². The minimum atomic E-state index is -0.0782. The number of aryl methyl sites for hydroxylation is 1. The van der Waals surface area contributed by atoms with Crippen molar-refractivity contribution in [3.63, 3.8) is 0 Å². The monoisotopic (exact) mass is 246 g/mol. The van der Waals surface area contributed by atoms with Gasteiger partial charge in [-0.25, -0.2) is 4.98 Å². The lowest BCUT2D eigenvalue weighted by atomic mass is 10.2. The molecule has 0 fully saturated rings. The van der Waals surface area contributed by atoms with Gasteiger partial charge in [-0.2, -0.15) is 5.26 Å². The van der Waals surface area contributed by atoms with Gasteiger partial charge in [-0.1, -0.05) is 13.8 Å². The zero-order chi connectivity index (χ0) is 13.5. The van der Waals surface area contributed by atoms with E-state index in [1.807, 2.05) is 20.8 Å². The minimum Gasteiger partial charge on any atom is -0.361 e. The lowest BCUT2D eigenvalue weighted by Crippen LogP contribution is -2.32. The number of anilines is 1. The fraction of sp³-hybridized carbons (Fsp3) is 0.462. The maximum atomic E-state index is 11.5. The van der Waals surface area contributed by atoms with Crippen molar-refractivity contribution in [3.8, 4) is 6.07 Å². The Morgan fingerprint density at radius 1 is 1.50 bits per heavy atom. The molecule has 96 valence electrons. The van der Waals surface area contributed by atoms with Gasteiger partial charge in [0.15, 0.2) is 0 Å². The van der Waals surface area contributed by atoms with Crippen molar-refractivity contribution >= 4 is 11.7 Å². The van der Waals surface area contributed by atoms with Gasteiger partial charge in [-0.15, -0.1) is 0 Å². The minimum absolute atomic E-state index is 0.0782. The zero-order valence-electron chi connectivity index (χ0n) is 10.9. The van der Waals surface area contributed by atoms with Gasteiger partial charge in [-0.05, 0) is 25.0 Å². The summed E-state index contributed by atoms with van der Waals surface area (Å²) in [5, 5.41) is 14.5. The van der Waals surface area contributed by atoms with E-state index in [1.54, 1.807) is 12.1 Å². The fourth-order valence-electron chi connectivity index (χ4n) is 1.37. The SMILES string of the molecule is Cc1cc(C#N)cc(NCC(=O)NCC(C)C)n1. The molecule has 0 bridgehead atoms. The summed E-state index contributed by atoms with van der Waals surface area (Å²) >= 11 is 0. The molecular weight excluding hydrogens is 228 g/mol. The Morgan fingerprint density at radius 2 is 2.22 bits per heavy atom. The van der Waals surface area contributed by atoms with Gasteiger partial charge < -0.3 is 10.6 Å². The van der Waals surface area contributed by atoms with Gasteiger partial charge in [0.2, 0.25) is 5.91 Å². The number of nitrogens with one attached hydrogen (secondary N) is 2. The van der Waals surface area contributed by atoms with Crippen molar-refractivity contribution in [2.45, 2.75) is 20.8 Å². The molecule has 1 rings (SSSR count). The number of rotatable bonds is 5. The molecule has 2 N–H and O–H groups in total. The van der Waals surface area contributed by atoms with Gasteiger partial charge in [0.05, 0.1) is 18.2 Å². The Morgan fingerprint density at radius 3 is 2.83 bits per heavy atom. The molecule has 5 heteroatoms. The van der Waals surface area contributed by atoms with E-state index in [9.17, 15) is 4.79 Å². The Hall–Kier alpha value is -2.09. The topological polar surface area (TPSA) is 77.8 Å². The second-order valence-corrected chi connectivity index (χ2v) is 4.55. The predicted octanol–water partition coefficient (Wildman–Crippen LogP) is 1.45. The Kier molecular flexibility index (Phi) is 5.12. The first-order chi connectivity index (χ1) is 8.51. The third kappa shape index (κ3) is 4.83. The average molecular weight is 246 g/mol. The van der Waals surface area contributed by atoms with E-state index in [1.165, 1.54) is 0 Å². The summed E-state index contributed by atoms with van der Waals surface area (Å²) in [4.78, 5) is 15.7. The molecule has 0 atom stereocenters. The molecule has 0 saturated carbocycles. The predicted molar refractivity (Wildman–Crippen MR) is 70.0 cm³/mol. The highest BCUT2D eigenvalue weighted by Crippen LogP contribution is 2.08. The van der Waals surface area contributed by atoms with Crippen LogP contribution in [0, 0.1) is 24.2 Å². The van der Waals surface area contributed by atoms with E-state index in [-0.39, 0.29) is 12.5 Å². The quantitative estimate of drug-likeness (QED) is 0.824. The number of hydrogen-bond acceptors (Lipinski definition) is 4. The third-order valence-corrected chi connectivity index (χ3v) is 2.22. The van der Waals surface area contributed by atoms with E-state index in [0.29, 0.717) is 23.8 Å². The molecule has 18 heavy (non-hydrogen) atoms. The summed E-state index contributed by atoms with van der Waals surface area (Å²) in [6.45, 7) is 6.70. The number of nitriles is 1. The molecule has 0 aliphatic rings. The lowest BCUT2D eigenvalue weighted by molar-refractivity contribution is -0.119. The van der Waals surface area contributed by atoms with Crippen LogP contribution in [0.15, 0.2) is 12.1 Å². The van der Waals surface area contributed by atoms with Gasteiger partial charge in [-0.3, -0.25) is 4.79 Å². The standard InChI is InChI=1S/C13H18N4O/c1-9(2)7-16-13(18)8-15-12-5-11(6-14)4-10(3)17-12/h4-5,9H,7-8H2,1-3H3,(H,15,17)(H,16,18). The van der Waals surface area contributed by atoms with Crippen LogP contribution < -0.4 is 10.6 Å². The third-order valence-electron chi connectivity index (χ3n) is 2.22. The van der Waals surface area contributed by atoms with E-state index >= 15 is 0 Å². The molecule has 0 unspecified atom stereocenters. The highest BCUT2D eigenvalue weighted by molar-refractivity contribution is 5.80. The lowest BCUT2D eigenvalue weighted by Gasteiger charge is -2.09. The summed E-state index contributed by atoms with van der Waals surface area (Å²) in [6, 6.07) is 5.38. The van der Waals surface area contributed by atoms with Crippen LogP contribution in [0.3, 0.4) is 0 Å². The van der Waals surface area contributed by atoms with Gasteiger partial charge >= 0.3 is 0 Å². The maximum Gasteiger partial charge on any atom is 0.239 e. The molecule has 1 heterocycles. The van der Waals surface area contributed by atoms with Crippen LogP contribution in [0.25, 0.3) is 0 Å². The first-order valence-electron chi connectivity index (χ1n) is 5.90. The first kappa shape index (κ1) is 14.0. The van der Waals surface area contributed by atoms with Crippen LogP contribution >= 0.6 is 0 Å². The first-order valence-corrected chi connectivity index (χ1v) is 5.90. The fourth-order valence-corrected chi connectivity index (χ4v) is 1.37. The summed E-state index contributed by atoms with van der Waals surface area (Å²) in [5.74, 6) is 0.896. The number of carbonyl (C=O) groups excluding carboxylic acids is 1. The van der Waals surface area contributed by atoms with E-state index < -0.39 is 0 Å². The maximum absolute atomic E-state index is 11.5. The van der Waals surface area contributed by atoms with Crippen molar-refractivity contribution < 1.29 is 4.79 Å². The molecule has 1 aromatic heterocycles. The molecule has 0 radical (unpaired) electrons. The van der Waals surface area contributed by atoms with Gasteiger partial charge in [0.1, 0.15) is 5.82 Å². The number of amides is 1. The second kappa shape index (κ2) is 6.60. The molecule has 1 aromatic rings. The largest absolute Gasteiger partial charge is 0.361 e. The summed E-state index contributed by atoms with van der Waals surface area (Å²) in [6.07, 6.45) is 0.